The molecule has 2 atom stereocenters. The molecule has 1 aliphatic rings. The molecule has 0 spiro atoms. The summed E-state index contributed by atoms with van der Waals surface area (Å²) in [4.78, 5) is 28.2. The van der Waals surface area contributed by atoms with Crippen LogP contribution in [-0.2, 0) is 11.0 Å². The average molecular weight is 375 g/mol. The minimum atomic E-state index is -4.58. The van der Waals surface area contributed by atoms with Gasteiger partial charge in [0, 0.05) is 19.3 Å². The van der Waals surface area contributed by atoms with Crippen LogP contribution in [0, 0.1) is 11.8 Å². The van der Waals surface area contributed by atoms with Crippen molar-refractivity contribution in [3.8, 4) is 5.88 Å². The number of nitrogens with one attached hydrogen (secondary N) is 1. The topological polar surface area (TPSA) is 91.8 Å². The largest absolute Gasteiger partial charge is 0.481 e. The summed E-state index contributed by atoms with van der Waals surface area (Å²) in [5.41, 5.74) is -0.986. The van der Waals surface area contributed by atoms with Crippen molar-refractivity contribution in [2.45, 2.75) is 19.5 Å². The normalized spacial score (nSPS) is 20.5. The third-order valence-corrected chi connectivity index (χ3v) is 3.99. The lowest BCUT2D eigenvalue weighted by Crippen LogP contribution is -2.50. The van der Waals surface area contributed by atoms with Crippen molar-refractivity contribution in [1.29, 1.82) is 0 Å². The summed E-state index contributed by atoms with van der Waals surface area (Å²) in [5, 5.41) is 11.6. The lowest BCUT2D eigenvalue weighted by atomic mass is 9.91. The van der Waals surface area contributed by atoms with E-state index in [2.05, 4.69) is 10.3 Å². The number of likely N-dealkylation sites (tertiary alicyclic amines) is 1. The molecule has 0 saturated carbocycles. The molecular formula is C16H20F3N3O4. The van der Waals surface area contributed by atoms with E-state index in [1.54, 1.807) is 0 Å². The van der Waals surface area contributed by atoms with Gasteiger partial charge in [-0.05, 0) is 24.5 Å². The number of aliphatic carboxylic acids is 1. The quantitative estimate of drug-likeness (QED) is 0.770. The number of halogens is 3. The van der Waals surface area contributed by atoms with Crippen LogP contribution in [0.15, 0.2) is 18.3 Å². The van der Waals surface area contributed by atoms with Crippen molar-refractivity contribution in [3.63, 3.8) is 0 Å². The molecule has 1 aromatic heterocycles. The minimum Gasteiger partial charge on any atom is -0.481 e. The summed E-state index contributed by atoms with van der Waals surface area (Å²) >= 11 is 0. The molecule has 26 heavy (non-hydrogen) atoms. The van der Waals surface area contributed by atoms with E-state index < -0.39 is 35.5 Å². The number of ether oxygens (including phenoxy) is 1. The lowest BCUT2D eigenvalue weighted by Gasteiger charge is -2.34. The molecule has 144 valence electrons. The van der Waals surface area contributed by atoms with E-state index in [-0.39, 0.29) is 25.6 Å². The van der Waals surface area contributed by atoms with E-state index in [1.165, 1.54) is 11.1 Å². The maximum atomic E-state index is 12.8. The number of carbonyl (C=O) groups is 2. The van der Waals surface area contributed by atoms with E-state index in [9.17, 15) is 22.8 Å². The van der Waals surface area contributed by atoms with Gasteiger partial charge in [0.15, 0.2) is 0 Å². The van der Waals surface area contributed by atoms with Crippen molar-refractivity contribution in [1.82, 2.24) is 15.2 Å². The number of carboxylic acids is 1. The molecule has 0 radical (unpaired) electrons. The predicted octanol–water partition coefficient (Wildman–Crippen LogP) is 2.23. The summed E-state index contributed by atoms with van der Waals surface area (Å²) < 4.78 is 43.5. The molecule has 2 amide bonds. The monoisotopic (exact) mass is 375 g/mol. The smallest absolute Gasteiger partial charge is 0.421 e. The second-order valence-electron chi connectivity index (χ2n) is 6.22. The highest BCUT2D eigenvalue weighted by Gasteiger charge is 2.35. The standard InChI is InChI=1S/C16H20F3N3O4/c1-10-7-11(14(23)24)9-22(8-10)15(25)21-5-6-26-13-12(16(17,18)19)3-2-4-20-13/h2-4,10-11H,5-9H2,1H3,(H,21,25)(H,23,24). The maximum absolute atomic E-state index is 12.8. The highest BCUT2D eigenvalue weighted by molar-refractivity contribution is 5.76. The Hall–Kier alpha value is -2.52. The number of urea groups is 1. The van der Waals surface area contributed by atoms with Crippen LogP contribution in [-0.4, -0.2) is 53.2 Å². The predicted molar refractivity (Wildman–Crippen MR) is 84.6 cm³/mol. The van der Waals surface area contributed by atoms with Crippen LogP contribution in [0.25, 0.3) is 0 Å². The van der Waals surface area contributed by atoms with E-state index >= 15 is 0 Å². The average Bonchev–Trinajstić information content (AvgIpc) is 2.57. The first kappa shape index (κ1) is 19.8. The van der Waals surface area contributed by atoms with Gasteiger partial charge in [-0.15, -0.1) is 0 Å². The molecule has 1 aliphatic heterocycles. The Kier molecular flexibility index (Phi) is 6.27. The highest BCUT2D eigenvalue weighted by Crippen LogP contribution is 2.34. The molecule has 2 N–H and O–H groups in total. The number of amides is 2. The zero-order chi connectivity index (χ0) is 19.3. The first-order valence-electron chi connectivity index (χ1n) is 8.09. The van der Waals surface area contributed by atoms with Crippen molar-refractivity contribution in [2.75, 3.05) is 26.2 Å². The first-order chi connectivity index (χ1) is 12.2. The summed E-state index contributed by atoms with van der Waals surface area (Å²) in [7, 11) is 0. The van der Waals surface area contributed by atoms with E-state index in [1.807, 2.05) is 6.92 Å². The Labute approximate surface area is 148 Å². The Balaban J connectivity index is 1.83. The number of nitrogens with zero attached hydrogens (tertiary/aromatic N) is 2. The van der Waals surface area contributed by atoms with Gasteiger partial charge >= 0.3 is 18.2 Å². The number of piperidine rings is 1. The Morgan fingerprint density at radius 1 is 1.42 bits per heavy atom. The van der Waals surface area contributed by atoms with Gasteiger partial charge in [0.25, 0.3) is 0 Å². The van der Waals surface area contributed by atoms with Crippen LogP contribution in [0.4, 0.5) is 18.0 Å². The fraction of sp³-hybridized carbons (Fsp3) is 0.562. The van der Waals surface area contributed by atoms with Gasteiger partial charge < -0.3 is 20.1 Å². The molecule has 0 aliphatic carbocycles. The van der Waals surface area contributed by atoms with Crippen LogP contribution in [0.5, 0.6) is 5.88 Å². The molecule has 0 bridgehead atoms. The third kappa shape index (κ3) is 5.24. The van der Waals surface area contributed by atoms with Crippen LogP contribution in [0.3, 0.4) is 0 Å². The highest BCUT2D eigenvalue weighted by atomic mass is 19.4. The van der Waals surface area contributed by atoms with Crippen LogP contribution in [0.1, 0.15) is 18.9 Å². The van der Waals surface area contributed by atoms with Gasteiger partial charge in [0.1, 0.15) is 12.2 Å². The molecule has 0 aromatic carbocycles. The Bertz CT molecular complexity index is 654. The molecule has 2 unspecified atom stereocenters. The summed E-state index contributed by atoms with van der Waals surface area (Å²) in [6.07, 6.45) is -2.89. The third-order valence-electron chi connectivity index (χ3n) is 3.99. The van der Waals surface area contributed by atoms with Crippen LogP contribution in [0.2, 0.25) is 0 Å². The van der Waals surface area contributed by atoms with Gasteiger partial charge in [0.05, 0.1) is 12.5 Å². The molecule has 1 saturated heterocycles. The summed E-state index contributed by atoms with van der Waals surface area (Å²) in [5.74, 6) is -2.07. The number of rotatable bonds is 5. The maximum Gasteiger partial charge on any atom is 0.421 e. The molecule has 7 nitrogen and oxygen atoms in total. The molecular weight excluding hydrogens is 355 g/mol. The van der Waals surface area contributed by atoms with Crippen molar-refractivity contribution in [2.24, 2.45) is 11.8 Å². The molecule has 10 heteroatoms. The number of alkyl halides is 3. The number of hydrogen-bond donors (Lipinski definition) is 2. The van der Waals surface area contributed by atoms with Crippen molar-refractivity contribution in [3.05, 3.63) is 23.9 Å². The Morgan fingerprint density at radius 3 is 2.81 bits per heavy atom. The zero-order valence-corrected chi connectivity index (χ0v) is 14.1. The number of aromatic nitrogens is 1. The Morgan fingerprint density at radius 2 is 2.15 bits per heavy atom. The summed E-state index contributed by atoms with van der Waals surface area (Å²) in [6, 6.07) is 1.55. The van der Waals surface area contributed by atoms with E-state index in [0.717, 1.165) is 12.1 Å². The fourth-order valence-electron chi connectivity index (χ4n) is 2.84. The molecule has 1 aromatic rings. The molecule has 2 heterocycles. The number of carboxylic acid groups (broad SMARTS) is 1. The lowest BCUT2D eigenvalue weighted by molar-refractivity contribution is -0.144. The second-order valence-corrected chi connectivity index (χ2v) is 6.22. The van der Waals surface area contributed by atoms with E-state index in [4.69, 9.17) is 9.84 Å². The van der Waals surface area contributed by atoms with Gasteiger partial charge in [-0.3, -0.25) is 4.79 Å². The van der Waals surface area contributed by atoms with Gasteiger partial charge in [-0.1, -0.05) is 6.92 Å². The number of pyridine rings is 1. The van der Waals surface area contributed by atoms with Gasteiger partial charge in [0.2, 0.25) is 5.88 Å². The molecule has 1 fully saturated rings. The van der Waals surface area contributed by atoms with Crippen molar-refractivity contribution < 1.29 is 32.6 Å². The fourth-order valence-corrected chi connectivity index (χ4v) is 2.84. The zero-order valence-electron chi connectivity index (χ0n) is 14.1. The van der Waals surface area contributed by atoms with Crippen LogP contribution >= 0.6 is 0 Å². The first-order valence-corrected chi connectivity index (χ1v) is 8.09. The van der Waals surface area contributed by atoms with Crippen molar-refractivity contribution >= 4 is 12.0 Å². The number of carbonyl (C=O) groups excluding carboxylic acids is 1. The van der Waals surface area contributed by atoms with E-state index in [0.29, 0.717) is 13.0 Å². The minimum absolute atomic E-state index is 0.0324. The van der Waals surface area contributed by atoms with Gasteiger partial charge in [-0.25, -0.2) is 9.78 Å². The summed E-state index contributed by atoms with van der Waals surface area (Å²) in [6.45, 7) is 2.16. The number of hydrogen-bond acceptors (Lipinski definition) is 4. The molecule has 2 rings (SSSR count). The van der Waals surface area contributed by atoms with Crippen LogP contribution < -0.4 is 10.1 Å². The SMILES string of the molecule is CC1CC(C(=O)O)CN(C(=O)NCCOc2ncccc2C(F)(F)F)C1. The second kappa shape index (κ2) is 8.24. The van der Waals surface area contributed by atoms with Gasteiger partial charge in [-0.2, -0.15) is 13.2 Å².